The second-order valence-electron chi connectivity index (χ2n) is 5.84. The van der Waals surface area contributed by atoms with Crippen LogP contribution in [0.5, 0.6) is 11.5 Å². The molecular formula is C20H23ClN2O3. The molecule has 138 valence electrons. The molecule has 0 fully saturated rings. The zero-order valence-electron chi connectivity index (χ0n) is 14.7. The summed E-state index contributed by atoms with van der Waals surface area (Å²) in [4.78, 5) is 12.1. The molecule has 26 heavy (non-hydrogen) atoms. The first-order valence-corrected chi connectivity index (χ1v) is 9.02. The van der Waals surface area contributed by atoms with Crippen LogP contribution in [-0.4, -0.2) is 23.8 Å². The molecule has 0 radical (unpaired) electrons. The quantitative estimate of drug-likeness (QED) is 0.377. The SMILES string of the molecule is CCCCCCOc1ccc(C(=O)NN=Cc2cc(Cl)ccc2O)cc1. The Bertz CT molecular complexity index is 745. The third kappa shape index (κ3) is 6.41. The van der Waals surface area contributed by atoms with Crippen LogP contribution in [0.1, 0.15) is 48.5 Å². The van der Waals surface area contributed by atoms with Crippen LogP contribution < -0.4 is 10.2 Å². The molecule has 2 rings (SSSR count). The van der Waals surface area contributed by atoms with Crippen LogP contribution in [0.15, 0.2) is 47.6 Å². The number of carbonyl (C=O) groups is 1. The lowest BCUT2D eigenvalue weighted by molar-refractivity contribution is 0.0955. The Hall–Kier alpha value is -2.53. The van der Waals surface area contributed by atoms with Gasteiger partial charge in [0.15, 0.2) is 0 Å². The van der Waals surface area contributed by atoms with E-state index in [1.54, 1.807) is 36.4 Å². The number of amides is 1. The minimum atomic E-state index is -0.350. The van der Waals surface area contributed by atoms with Crippen molar-refractivity contribution < 1.29 is 14.6 Å². The van der Waals surface area contributed by atoms with E-state index in [-0.39, 0.29) is 11.7 Å². The van der Waals surface area contributed by atoms with Crippen molar-refractivity contribution in [1.82, 2.24) is 5.43 Å². The Balaban J connectivity index is 1.83. The zero-order chi connectivity index (χ0) is 18.8. The van der Waals surface area contributed by atoms with Gasteiger partial charge in [0.25, 0.3) is 5.91 Å². The predicted octanol–water partition coefficient (Wildman–Crippen LogP) is 4.77. The van der Waals surface area contributed by atoms with E-state index in [1.165, 1.54) is 25.1 Å². The molecule has 2 aromatic carbocycles. The average Bonchev–Trinajstić information content (AvgIpc) is 2.65. The molecule has 0 bridgehead atoms. The maximum Gasteiger partial charge on any atom is 0.271 e. The van der Waals surface area contributed by atoms with Gasteiger partial charge in [-0.3, -0.25) is 4.79 Å². The summed E-state index contributed by atoms with van der Waals surface area (Å²) < 4.78 is 5.65. The summed E-state index contributed by atoms with van der Waals surface area (Å²) in [6, 6.07) is 11.5. The van der Waals surface area contributed by atoms with E-state index >= 15 is 0 Å². The van der Waals surface area contributed by atoms with Crippen LogP contribution >= 0.6 is 11.6 Å². The molecule has 0 spiro atoms. The number of carbonyl (C=O) groups excluding carboxylic acids is 1. The van der Waals surface area contributed by atoms with Crippen LogP contribution in [0.2, 0.25) is 5.02 Å². The third-order valence-electron chi connectivity index (χ3n) is 3.74. The van der Waals surface area contributed by atoms with Crippen LogP contribution in [0.3, 0.4) is 0 Å². The Morgan fingerprint density at radius 2 is 1.96 bits per heavy atom. The number of hydrazone groups is 1. The summed E-state index contributed by atoms with van der Waals surface area (Å²) in [6.07, 6.45) is 5.95. The molecule has 2 aromatic rings. The highest BCUT2D eigenvalue weighted by atomic mass is 35.5. The van der Waals surface area contributed by atoms with Crippen LogP contribution in [0.25, 0.3) is 0 Å². The van der Waals surface area contributed by atoms with Crippen molar-refractivity contribution in [1.29, 1.82) is 0 Å². The van der Waals surface area contributed by atoms with Gasteiger partial charge >= 0.3 is 0 Å². The molecule has 0 saturated heterocycles. The highest BCUT2D eigenvalue weighted by Gasteiger charge is 2.05. The average molecular weight is 375 g/mol. The lowest BCUT2D eigenvalue weighted by Gasteiger charge is -2.06. The molecule has 2 N–H and O–H groups in total. The molecule has 0 saturated carbocycles. The van der Waals surface area contributed by atoms with Crippen LogP contribution in [-0.2, 0) is 0 Å². The van der Waals surface area contributed by atoms with E-state index in [0.29, 0.717) is 22.8 Å². The van der Waals surface area contributed by atoms with Gasteiger partial charge < -0.3 is 9.84 Å². The number of unbranched alkanes of at least 4 members (excludes halogenated alkanes) is 3. The van der Waals surface area contributed by atoms with Crippen molar-refractivity contribution in [2.24, 2.45) is 5.10 Å². The number of nitrogens with zero attached hydrogens (tertiary/aromatic N) is 1. The fraction of sp³-hybridized carbons (Fsp3) is 0.300. The predicted molar refractivity (Wildman–Crippen MR) is 104 cm³/mol. The van der Waals surface area contributed by atoms with Gasteiger partial charge in [-0.1, -0.05) is 37.8 Å². The number of hydrogen-bond donors (Lipinski definition) is 2. The topological polar surface area (TPSA) is 70.9 Å². The fourth-order valence-corrected chi connectivity index (χ4v) is 2.46. The van der Waals surface area contributed by atoms with E-state index in [1.807, 2.05) is 0 Å². The first kappa shape index (κ1) is 19.8. The molecule has 5 nitrogen and oxygen atoms in total. The van der Waals surface area contributed by atoms with Crippen molar-refractivity contribution in [2.75, 3.05) is 6.61 Å². The van der Waals surface area contributed by atoms with Crippen molar-refractivity contribution in [3.63, 3.8) is 0 Å². The molecule has 0 unspecified atom stereocenters. The first-order valence-electron chi connectivity index (χ1n) is 8.65. The van der Waals surface area contributed by atoms with Gasteiger partial charge in [-0.15, -0.1) is 0 Å². The van der Waals surface area contributed by atoms with Gasteiger partial charge in [-0.2, -0.15) is 5.10 Å². The van der Waals surface area contributed by atoms with Gasteiger partial charge in [-0.05, 0) is 48.9 Å². The van der Waals surface area contributed by atoms with Crippen LogP contribution in [0, 0.1) is 0 Å². The molecule has 1 amide bonds. The number of rotatable bonds is 9. The Morgan fingerprint density at radius 3 is 2.69 bits per heavy atom. The van der Waals surface area contributed by atoms with E-state index in [4.69, 9.17) is 16.3 Å². The van der Waals surface area contributed by atoms with Gasteiger partial charge in [0.1, 0.15) is 11.5 Å². The molecule has 6 heteroatoms. The number of benzene rings is 2. The zero-order valence-corrected chi connectivity index (χ0v) is 15.5. The smallest absolute Gasteiger partial charge is 0.271 e. The highest BCUT2D eigenvalue weighted by molar-refractivity contribution is 6.30. The maximum atomic E-state index is 12.1. The summed E-state index contributed by atoms with van der Waals surface area (Å²) in [5.41, 5.74) is 3.30. The first-order chi connectivity index (χ1) is 12.6. The van der Waals surface area contributed by atoms with E-state index in [9.17, 15) is 9.90 Å². The minimum absolute atomic E-state index is 0.0350. The molecule has 0 aliphatic rings. The van der Waals surface area contributed by atoms with Gasteiger partial charge in [0.05, 0.1) is 12.8 Å². The molecule has 0 atom stereocenters. The van der Waals surface area contributed by atoms with Gasteiger partial charge in [0.2, 0.25) is 0 Å². The Morgan fingerprint density at radius 1 is 1.19 bits per heavy atom. The summed E-state index contributed by atoms with van der Waals surface area (Å²) >= 11 is 5.86. The lowest BCUT2D eigenvalue weighted by Crippen LogP contribution is -2.17. The number of ether oxygens (including phenoxy) is 1. The van der Waals surface area contributed by atoms with Crippen molar-refractivity contribution in [3.8, 4) is 11.5 Å². The summed E-state index contributed by atoms with van der Waals surface area (Å²) in [5, 5.41) is 14.0. The minimum Gasteiger partial charge on any atom is -0.507 e. The second-order valence-corrected chi connectivity index (χ2v) is 6.27. The monoisotopic (exact) mass is 374 g/mol. The molecular weight excluding hydrogens is 352 g/mol. The summed E-state index contributed by atoms with van der Waals surface area (Å²) in [6.45, 7) is 2.85. The van der Waals surface area contributed by atoms with E-state index < -0.39 is 0 Å². The largest absolute Gasteiger partial charge is 0.507 e. The van der Waals surface area contributed by atoms with E-state index in [0.717, 1.165) is 18.6 Å². The standard InChI is InChI=1S/C20H23ClN2O3/c1-2-3-4-5-12-26-18-9-6-15(7-10-18)20(25)23-22-14-16-13-17(21)8-11-19(16)24/h6-11,13-14,24H,2-5,12H2,1H3,(H,23,25). The summed E-state index contributed by atoms with van der Waals surface area (Å²) in [7, 11) is 0. The summed E-state index contributed by atoms with van der Waals surface area (Å²) in [5.74, 6) is 0.426. The van der Waals surface area contributed by atoms with Crippen molar-refractivity contribution in [3.05, 3.63) is 58.6 Å². The number of phenols is 1. The molecule has 0 aromatic heterocycles. The number of aromatic hydroxyl groups is 1. The molecule has 0 aliphatic carbocycles. The van der Waals surface area contributed by atoms with Gasteiger partial charge in [0, 0.05) is 16.1 Å². The van der Waals surface area contributed by atoms with Crippen molar-refractivity contribution in [2.45, 2.75) is 32.6 Å². The fourth-order valence-electron chi connectivity index (χ4n) is 2.28. The van der Waals surface area contributed by atoms with Gasteiger partial charge in [-0.25, -0.2) is 5.43 Å². The number of hydrogen-bond acceptors (Lipinski definition) is 4. The van der Waals surface area contributed by atoms with Crippen molar-refractivity contribution >= 4 is 23.7 Å². The second kappa shape index (κ2) is 10.5. The number of phenolic OH excluding ortho intramolecular Hbond substituents is 1. The normalized spacial score (nSPS) is 10.8. The molecule has 0 heterocycles. The maximum absolute atomic E-state index is 12.1. The Labute approximate surface area is 158 Å². The number of halogens is 1. The lowest BCUT2D eigenvalue weighted by atomic mass is 10.2. The molecule has 0 aliphatic heterocycles. The Kier molecular flexibility index (Phi) is 7.96. The third-order valence-corrected chi connectivity index (χ3v) is 3.98. The number of nitrogens with one attached hydrogen (secondary N) is 1. The highest BCUT2D eigenvalue weighted by Crippen LogP contribution is 2.19. The van der Waals surface area contributed by atoms with Crippen LogP contribution in [0.4, 0.5) is 0 Å². The van der Waals surface area contributed by atoms with E-state index in [2.05, 4.69) is 17.5 Å².